The van der Waals surface area contributed by atoms with E-state index in [9.17, 15) is 9.18 Å². The van der Waals surface area contributed by atoms with Crippen LogP contribution >= 0.6 is 0 Å². The minimum absolute atomic E-state index is 0.0169. The van der Waals surface area contributed by atoms with Crippen molar-refractivity contribution in [1.82, 2.24) is 4.90 Å². The summed E-state index contributed by atoms with van der Waals surface area (Å²) in [6.45, 7) is 2.71. The summed E-state index contributed by atoms with van der Waals surface area (Å²) in [6.07, 6.45) is 3.36. The first-order valence-electron chi connectivity index (χ1n) is 6.87. The Kier molecular flexibility index (Phi) is 4.53. The van der Waals surface area contributed by atoms with Crippen molar-refractivity contribution in [2.45, 2.75) is 44.7 Å². The Balaban J connectivity index is 2.05. The van der Waals surface area contributed by atoms with E-state index in [0.717, 1.165) is 31.4 Å². The first kappa shape index (κ1) is 14.0. The Morgan fingerprint density at radius 1 is 1.53 bits per heavy atom. The van der Waals surface area contributed by atoms with Gasteiger partial charge in [0.2, 0.25) is 5.91 Å². The molecule has 0 unspecified atom stereocenters. The predicted molar refractivity (Wildman–Crippen MR) is 73.1 cm³/mol. The van der Waals surface area contributed by atoms with E-state index in [0.29, 0.717) is 0 Å². The van der Waals surface area contributed by atoms with E-state index in [2.05, 4.69) is 0 Å². The minimum atomic E-state index is -0.298. The summed E-state index contributed by atoms with van der Waals surface area (Å²) in [6, 6.07) is 6.33. The van der Waals surface area contributed by atoms with Gasteiger partial charge in [0, 0.05) is 18.6 Å². The average Bonchev–Trinajstić information content (AvgIpc) is 2.38. The van der Waals surface area contributed by atoms with Gasteiger partial charge in [-0.1, -0.05) is 12.1 Å². The lowest BCUT2D eigenvalue weighted by Crippen LogP contribution is -2.52. The fourth-order valence-corrected chi connectivity index (χ4v) is 2.74. The molecule has 0 radical (unpaired) electrons. The predicted octanol–water partition coefficient (Wildman–Crippen LogP) is 2.10. The topological polar surface area (TPSA) is 46.3 Å². The van der Waals surface area contributed by atoms with E-state index in [4.69, 9.17) is 5.73 Å². The molecule has 2 atom stereocenters. The monoisotopic (exact) mass is 264 g/mol. The number of nitrogens with two attached hydrogens (primary N) is 1. The van der Waals surface area contributed by atoms with E-state index >= 15 is 0 Å². The number of piperidine rings is 1. The molecule has 1 aromatic rings. The van der Waals surface area contributed by atoms with Gasteiger partial charge in [0.25, 0.3) is 0 Å². The van der Waals surface area contributed by atoms with Gasteiger partial charge in [-0.2, -0.15) is 0 Å². The molecule has 1 amide bonds. The quantitative estimate of drug-likeness (QED) is 0.908. The zero-order valence-electron chi connectivity index (χ0n) is 11.3. The second kappa shape index (κ2) is 6.15. The average molecular weight is 264 g/mol. The number of amides is 1. The normalized spacial score (nSPS) is 21.2. The number of rotatable bonds is 3. The second-order valence-corrected chi connectivity index (χ2v) is 5.32. The van der Waals surface area contributed by atoms with E-state index in [1.54, 1.807) is 12.1 Å². The maximum Gasteiger partial charge on any atom is 0.227 e. The molecular weight excluding hydrogens is 243 g/mol. The highest BCUT2D eigenvalue weighted by molar-refractivity contribution is 5.79. The number of likely N-dealkylation sites (tertiary alicyclic amines) is 1. The SMILES string of the molecule is C[C@H](N)[C@@H]1CCCCN1C(=O)Cc1cccc(F)c1. The van der Waals surface area contributed by atoms with Crippen molar-refractivity contribution in [3.8, 4) is 0 Å². The van der Waals surface area contributed by atoms with Crippen LogP contribution in [0.1, 0.15) is 31.7 Å². The number of benzene rings is 1. The summed E-state index contributed by atoms with van der Waals surface area (Å²) < 4.78 is 13.1. The molecule has 1 aliphatic rings. The third-order valence-corrected chi connectivity index (χ3v) is 3.72. The van der Waals surface area contributed by atoms with Crippen LogP contribution in [0, 0.1) is 5.82 Å². The highest BCUT2D eigenvalue weighted by atomic mass is 19.1. The molecule has 0 aliphatic carbocycles. The molecule has 104 valence electrons. The number of nitrogens with zero attached hydrogens (tertiary/aromatic N) is 1. The van der Waals surface area contributed by atoms with E-state index < -0.39 is 0 Å². The zero-order chi connectivity index (χ0) is 13.8. The summed E-state index contributed by atoms with van der Waals surface area (Å²) in [7, 11) is 0. The molecule has 1 fully saturated rings. The number of carbonyl (C=O) groups excluding carboxylic acids is 1. The van der Waals surface area contributed by atoms with Crippen LogP contribution in [0.2, 0.25) is 0 Å². The minimum Gasteiger partial charge on any atom is -0.338 e. The molecule has 2 rings (SSSR count). The van der Waals surface area contributed by atoms with Crippen molar-refractivity contribution in [3.63, 3.8) is 0 Å². The fourth-order valence-electron chi connectivity index (χ4n) is 2.74. The van der Waals surface area contributed by atoms with E-state index in [1.807, 2.05) is 11.8 Å². The smallest absolute Gasteiger partial charge is 0.227 e. The largest absolute Gasteiger partial charge is 0.338 e. The lowest BCUT2D eigenvalue weighted by molar-refractivity contribution is -0.134. The molecule has 1 aromatic carbocycles. The molecule has 0 bridgehead atoms. The van der Waals surface area contributed by atoms with Gasteiger partial charge in [0.15, 0.2) is 0 Å². The van der Waals surface area contributed by atoms with Crippen LogP contribution in [0.4, 0.5) is 4.39 Å². The lowest BCUT2D eigenvalue weighted by Gasteiger charge is -2.38. The number of carbonyl (C=O) groups is 1. The zero-order valence-corrected chi connectivity index (χ0v) is 11.3. The molecule has 1 heterocycles. The van der Waals surface area contributed by atoms with Gasteiger partial charge in [0.1, 0.15) is 5.82 Å². The molecule has 1 aliphatic heterocycles. The van der Waals surface area contributed by atoms with Crippen molar-refractivity contribution in [3.05, 3.63) is 35.6 Å². The van der Waals surface area contributed by atoms with Crippen LogP contribution in [0.5, 0.6) is 0 Å². The van der Waals surface area contributed by atoms with Gasteiger partial charge in [-0.05, 0) is 43.9 Å². The van der Waals surface area contributed by atoms with Crippen molar-refractivity contribution < 1.29 is 9.18 Å². The molecule has 0 spiro atoms. The molecule has 1 saturated heterocycles. The third kappa shape index (κ3) is 3.53. The van der Waals surface area contributed by atoms with Crippen LogP contribution in [0.15, 0.2) is 24.3 Å². The first-order chi connectivity index (χ1) is 9.08. The molecule has 0 aromatic heterocycles. The number of hydrogen-bond donors (Lipinski definition) is 1. The molecule has 3 nitrogen and oxygen atoms in total. The highest BCUT2D eigenvalue weighted by Crippen LogP contribution is 2.20. The Hall–Kier alpha value is -1.42. The van der Waals surface area contributed by atoms with Gasteiger partial charge in [-0.15, -0.1) is 0 Å². The summed E-state index contributed by atoms with van der Waals surface area (Å²) >= 11 is 0. The standard InChI is InChI=1S/C15H21FN2O/c1-11(17)14-7-2-3-8-18(14)15(19)10-12-5-4-6-13(16)9-12/h4-6,9,11,14H,2-3,7-8,10,17H2,1H3/t11-,14-/m0/s1. The van der Waals surface area contributed by atoms with Crippen LogP contribution in [0.25, 0.3) is 0 Å². The Labute approximate surface area is 113 Å². The molecular formula is C15H21FN2O. The van der Waals surface area contributed by atoms with E-state index in [-0.39, 0.29) is 30.2 Å². The van der Waals surface area contributed by atoms with Gasteiger partial charge < -0.3 is 10.6 Å². The third-order valence-electron chi connectivity index (χ3n) is 3.72. The first-order valence-corrected chi connectivity index (χ1v) is 6.87. The van der Waals surface area contributed by atoms with Crippen molar-refractivity contribution in [2.24, 2.45) is 5.73 Å². The van der Waals surface area contributed by atoms with E-state index in [1.165, 1.54) is 12.1 Å². The molecule has 19 heavy (non-hydrogen) atoms. The number of halogens is 1. The fraction of sp³-hybridized carbons (Fsp3) is 0.533. The van der Waals surface area contributed by atoms with Crippen molar-refractivity contribution in [1.29, 1.82) is 0 Å². The van der Waals surface area contributed by atoms with Crippen LogP contribution in [-0.4, -0.2) is 29.4 Å². The van der Waals surface area contributed by atoms with Crippen LogP contribution < -0.4 is 5.73 Å². The second-order valence-electron chi connectivity index (χ2n) is 5.32. The van der Waals surface area contributed by atoms with Gasteiger partial charge in [0.05, 0.1) is 6.42 Å². The van der Waals surface area contributed by atoms with Gasteiger partial charge >= 0.3 is 0 Å². The van der Waals surface area contributed by atoms with Crippen LogP contribution in [-0.2, 0) is 11.2 Å². The summed E-state index contributed by atoms with van der Waals surface area (Å²) in [5, 5.41) is 0. The maximum absolute atomic E-state index is 13.1. The van der Waals surface area contributed by atoms with Crippen molar-refractivity contribution in [2.75, 3.05) is 6.54 Å². The Morgan fingerprint density at radius 3 is 3.00 bits per heavy atom. The molecule has 2 N–H and O–H groups in total. The Morgan fingerprint density at radius 2 is 2.32 bits per heavy atom. The maximum atomic E-state index is 13.1. The molecule has 0 saturated carbocycles. The summed E-state index contributed by atoms with van der Waals surface area (Å²) in [5.74, 6) is -0.250. The Bertz CT molecular complexity index is 448. The van der Waals surface area contributed by atoms with Crippen molar-refractivity contribution >= 4 is 5.91 Å². The van der Waals surface area contributed by atoms with Gasteiger partial charge in [-0.3, -0.25) is 4.79 Å². The lowest BCUT2D eigenvalue weighted by atomic mass is 9.96. The number of hydrogen-bond acceptors (Lipinski definition) is 2. The summed E-state index contributed by atoms with van der Waals surface area (Å²) in [5.41, 5.74) is 6.68. The molecule has 4 heteroatoms. The summed E-state index contributed by atoms with van der Waals surface area (Å²) in [4.78, 5) is 14.2. The van der Waals surface area contributed by atoms with Gasteiger partial charge in [-0.25, -0.2) is 4.39 Å². The van der Waals surface area contributed by atoms with Crippen LogP contribution in [0.3, 0.4) is 0 Å². The highest BCUT2D eigenvalue weighted by Gasteiger charge is 2.28.